The fourth-order valence-electron chi connectivity index (χ4n) is 8.17. The van der Waals surface area contributed by atoms with Gasteiger partial charge in [0.25, 0.3) is 0 Å². The van der Waals surface area contributed by atoms with E-state index in [1.165, 1.54) is 27.8 Å². The maximum Gasteiger partial charge on any atom is 0.164 e. The Kier molecular flexibility index (Phi) is 9.11. The van der Waals surface area contributed by atoms with Crippen molar-refractivity contribution in [3.05, 3.63) is 205 Å². The van der Waals surface area contributed by atoms with Crippen LogP contribution >= 0.6 is 0 Å². The van der Waals surface area contributed by atoms with E-state index in [2.05, 4.69) is 141 Å². The van der Waals surface area contributed by atoms with Crippen molar-refractivity contribution in [3.63, 3.8) is 0 Å². The van der Waals surface area contributed by atoms with E-state index in [0.717, 1.165) is 66.8 Å². The van der Waals surface area contributed by atoms with E-state index < -0.39 is 0 Å². The van der Waals surface area contributed by atoms with Crippen molar-refractivity contribution in [3.8, 4) is 56.4 Å². The molecule has 0 fully saturated rings. The Balaban J connectivity index is 1.10. The Bertz CT molecular complexity index is 3080. The van der Waals surface area contributed by atoms with Gasteiger partial charge in [0, 0.05) is 44.5 Å². The molecule has 0 aliphatic carbocycles. The molecule has 0 amide bonds. The largest absolute Gasteiger partial charge is 0.456 e. The summed E-state index contributed by atoms with van der Waals surface area (Å²) in [7, 11) is 0. The molecule has 0 aliphatic heterocycles. The van der Waals surface area contributed by atoms with Crippen LogP contribution in [0.4, 0.5) is 17.1 Å². The molecular weight excluding hydrogens is 721 g/mol. The molecule has 2 aromatic heterocycles. The first-order chi connectivity index (χ1) is 29.0. The average molecular weight is 761 g/mol. The zero-order valence-corrected chi connectivity index (χ0v) is 33.1. The topological polar surface area (TPSA) is 55.1 Å². The fraction of sp³-hybridized carbons (Fsp3) is 0.0556. The van der Waals surface area contributed by atoms with Crippen molar-refractivity contribution in [2.24, 2.45) is 0 Å². The molecular formula is C54H40N4O. The van der Waals surface area contributed by atoms with Crippen LogP contribution in [0.3, 0.4) is 0 Å². The number of rotatable bonds is 8. The smallest absolute Gasteiger partial charge is 0.164 e. The van der Waals surface area contributed by atoms with Gasteiger partial charge in [-0.3, -0.25) is 0 Å². The molecule has 10 aromatic rings. The first-order valence-corrected chi connectivity index (χ1v) is 19.9. The lowest BCUT2D eigenvalue weighted by molar-refractivity contribution is 0.669. The van der Waals surface area contributed by atoms with Crippen LogP contribution in [-0.4, -0.2) is 15.0 Å². The van der Waals surface area contributed by atoms with Gasteiger partial charge in [0.15, 0.2) is 17.5 Å². The predicted molar refractivity (Wildman–Crippen MR) is 243 cm³/mol. The number of fused-ring (bicyclic) bond motifs is 3. The molecule has 0 radical (unpaired) electrons. The molecule has 0 N–H and O–H groups in total. The minimum absolute atomic E-state index is 0.597. The standard InChI is InChI=1S/C54H40N4O/c1-35-29-30-40(33-45(35)43-24-15-27-48(37(43)3)58(42-22-11-6-12-23-42)47-26-14-13-17-36(47)2)41-31-32-49-46(34-41)51-44(25-16-28-50(51)59-49)54-56-52(38-18-7-4-8-19-38)55-53(57-54)39-20-9-5-10-21-39/h4-34H,1-3H3. The summed E-state index contributed by atoms with van der Waals surface area (Å²) in [6.45, 7) is 6.61. The first kappa shape index (κ1) is 35.8. The molecule has 0 bridgehead atoms. The number of anilines is 3. The molecule has 0 saturated carbocycles. The van der Waals surface area contributed by atoms with Crippen LogP contribution < -0.4 is 4.90 Å². The van der Waals surface area contributed by atoms with Crippen LogP contribution in [0.1, 0.15) is 16.7 Å². The Morgan fingerprint density at radius 1 is 0.390 bits per heavy atom. The van der Waals surface area contributed by atoms with Crippen molar-refractivity contribution in [2.75, 3.05) is 4.90 Å². The highest BCUT2D eigenvalue weighted by atomic mass is 16.3. The van der Waals surface area contributed by atoms with Gasteiger partial charge in [-0.1, -0.05) is 140 Å². The molecule has 282 valence electrons. The van der Waals surface area contributed by atoms with E-state index in [-0.39, 0.29) is 0 Å². The predicted octanol–water partition coefficient (Wildman–Crippen LogP) is 14.5. The number of aromatic nitrogens is 3. The minimum Gasteiger partial charge on any atom is -0.456 e. The minimum atomic E-state index is 0.597. The van der Waals surface area contributed by atoms with Gasteiger partial charge in [0.2, 0.25) is 0 Å². The Hall–Kier alpha value is -7.63. The highest BCUT2D eigenvalue weighted by Crippen LogP contribution is 2.43. The maximum atomic E-state index is 6.50. The zero-order chi connectivity index (χ0) is 39.9. The molecule has 0 saturated heterocycles. The van der Waals surface area contributed by atoms with Gasteiger partial charge in [-0.2, -0.15) is 0 Å². The van der Waals surface area contributed by atoms with Crippen molar-refractivity contribution >= 4 is 39.0 Å². The number of aryl methyl sites for hydroxylation is 2. The highest BCUT2D eigenvalue weighted by Gasteiger charge is 2.21. The van der Waals surface area contributed by atoms with Crippen LogP contribution in [0.5, 0.6) is 0 Å². The Labute approximate surface area is 344 Å². The van der Waals surface area contributed by atoms with Gasteiger partial charge < -0.3 is 9.32 Å². The lowest BCUT2D eigenvalue weighted by atomic mass is 9.91. The van der Waals surface area contributed by atoms with E-state index in [4.69, 9.17) is 19.4 Å². The summed E-state index contributed by atoms with van der Waals surface area (Å²) in [5, 5.41) is 1.98. The molecule has 8 aromatic carbocycles. The molecule has 10 rings (SSSR count). The average Bonchev–Trinajstić information content (AvgIpc) is 3.67. The summed E-state index contributed by atoms with van der Waals surface area (Å²) < 4.78 is 6.50. The summed E-state index contributed by atoms with van der Waals surface area (Å²) in [5.41, 5.74) is 16.0. The number of hydrogen-bond donors (Lipinski definition) is 0. The molecule has 5 nitrogen and oxygen atoms in total. The van der Waals surface area contributed by atoms with Gasteiger partial charge in [-0.25, -0.2) is 15.0 Å². The fourth-order valence-corrected chi connectivity index (χ4v) is 8.17. The first-order valence-electron chi connectivity index (χ1n) is 19.9. The third-order valence-corrected chi connectivity index (χ3v) is 11.2. The van der Waals surface area contributed by atoms with E-state index in [0.29, 0.717) is 17.5 Å². The van der Waals surface area contributed by atoms with E-state index in [9.17, 15) is 0 Å². The molecule has 5 heteroatoms. The molecule has 0 unspecified atom stereocenters. The van der Waals surface area contributed by atoms with Gasteiger partial charge in [-0.15, -0.1) is 0 Å². The Morgan fingerprint density at radius 3 is 1.68 bits per heavy atom. The van der Waals surface area contributed by atoms with Gasteiger partial charge in [0.05, 0.1) is 0 Å². The SMILES string of the molecule is Cc1ccc(-c2ccc3oc4cccc(-c5nc(-c6ccccc6)nc(-c6ccccc6)n5)c4c3c2)cc1-c1cccc(N(c2ccccc2)c2ccccc2C)c1C. The second kappa shape index (κ2) is 15.0. The van der Waals surface area contributed by atoms with Crippen LogP contribution in [0.25, 0.3) is 78.4 Å². The van der Waals surface area contributed by atoms with E-state index >= 15 is 0 Å². The molecule has 59 heavy (non-hydrogen) atoms. The second-order valence-corrected chi connectivity index (χ2v) is 15.0. The van der Waals surface area contributed by atoms with Gasteiger partial charge in [-0.05, 0) is 108 Å². The van der Waals surface area contributed by atoms with Gasteiger partial charge in [0.1, 0.15) is 11.2 Å². The number of hydrogen-bond acceptors (Lipinski definition) is 5. The second-order valence-electron chi connectivity index (χ2n) is 15.0. The highest BCUT2D eigenvalue weighted by molar-refractivity contribution is 6.13. The molecule has 0 spiro atoms. The van der Waals surface area contributed by atoms with Gasteiger partial charge >= 0.3 is 0 Å². The van der Waals surface area contributed by atoms with Crippen molar-refractivity contribution < 1.29 is 4.42 Å². The summed E-state index contributed by atoms with van der Waals surface area (Å²) in [4.78, 5) is 17.5. The lowest BCUT2D eigenvalue weighted by Gasteiger charge is -2.29. The number of furan rings is 1. The summed E-state index contributed by atoms with van der Waals surface area (Å²) in [6, 6.07) is 65.4. The van der Waals surface area contributed by atoms with Crippen LogP contribution in [-0.2, 0) is 0 Å². The third kappa shape index (κ3) is 6.63. The lowest BCUT2D eigenvalue weighted by Crippen LogP contribution is -2.13. The molecule has 2 heterocycles. The zero-order valence-electron chi connectivity index (χ0n) is 33.1. The summed E-state index contributed by atoms with van der Waals surface area (Å²) in [5.74, 6) is 1.84. The van der Waals surface area contributed by atoms with Crippen LogP contribution in [0, 0.1) is 20.8 Å². The van der Waals surface area contributed by atoms with E-state index in [1.54, 1.807) is 0 Å². The quantitative estimate of drug-likeness (QED) is 0.154. The summed E-state index contributed by atoms with van der Waals surface area (Å²) in [6.07, 6.45) is 0. The monoisotopic (exact) mass is 760 g/mol. The summed E-state index contributed by atoms with van der Waals surface area (Å²) >= 11 is 0. The molecule has 0 atom stereocenters. The van der Waals surface area contributed by atoms with Crippen LogP contribution in [0.15, 0.2) is 192 Å². The van der Waals surface area contributed by atoms with E-state index in [1.807, 2.05) is 72.8 Å². The third-order valence-electron chi connectivity index (χ3n) is 11.2. The number of nitrogens with zero attached hydrogens (tertiary/aromatic N) is 4. The number of para-hydroxylation sites is 2. The number of benzene rings is 8. The maximum absolute atomic E-state index is 6.50. The van der Waals surface area contributed by atoms with Crippen LogP contribution in [0.2, 0.25) is 0 Å². The normalized spacial score (nSPS) is 11.3. The van der Waals surface area contributed by atoms with Crippen molar-refractivity contribution in [1.29, 1.82) is 0 Å². The molecule has 0 aliphatic rings. The Morgan fingerprint density at radius 2 is 0.966 bits per heavy atom. The van der Waals surface area contributed by atoms with Crippen molar-refractivity contribution in [1.82, 2.24) is 15.0 Å². The van der Waals surface area contributed by atoms with Crippen molar-refractivity contribution in [2.45, 2.75) is 20.8 Å².